The maximum atomic E-state index is 12.7. The molecule has 2 unspecified atom stereocenters. The van der Waals surface area contributed by atoms with Gasteiger partial charge < -0.3 is 15.5 Å². The van der Waals surface area contributed by atoms with Gasteiger partial charge in [0.2, 0.25) is 5.91 Å². The van der Waals surface area contributed by atoms with E-state index in [1.807, 2.05) is 56.3 Å². The number of carbonyl (C=O) groups is 2. The maximum absolute atomic E-state index is 12.7. The molecule has 2 atom stereocenters. The monoisotopic (exact) mass is 424 g/mol. The highest BCUT2D eigenvalue weighted by atomic mass is 35.5. The minimum absolute atomic E-state index is 0. The van der Waals surface area contributed by atoms with Crippen molar-refractivity contribution in [3.63, 3.8) is 0 Å². The summed E-state index contributed by atoms with van der Waals surface area (Å²) in [7, 11) is 0. The molecule has 28 heavy (non-hydrogen) atoms. The molecule has 3 N–H and O–H groups in total. The van der Waals surface area contributed by atoms with Crippen molar-refractivity contribution in [1.29, 1.82) is 0 Å². The van der Waals surface area contributed by atoms with Gasteiger partial charge in [-0.2, -0.15) is 0 Å². The van der Waals surface area contributed by atoms with Crippen LogP contribution in [0.15, 0.2) is 53.1 Å². The fourth-order valence-electron chi connectivity index (χ4n) is 2.74. The van der Waals surface area contributed by atoms with Gasteiger partial charge in [0.05, 0.1) is 29.9 Å². The molecule has 0 aliphatic carbocycles. The van der Waals surface area contributed by atoms with Crippen molar-refractivity contribution in [2.24, 2.45) is 11.7 Å². The van der Waals surface area contributed by atoms with Gasteiger partial charge >= 0.3 is 0 Å². The van der Waals surface area contributed by atoms with Crippen molar-refractivity contribution in [2.75, 3.05) is 5.75 Å². The number of Topliss-reactive ketones (excluding diaryl/α,β-unsaturated/α-hetero) is 1. The number of amides is 1. The maximum Gasteiger partial charge on any atom is 0.237 e. The largest absolute Gasteiger partial charge is 0.468 e. The summed E-state index contributed by atoms with van der Waals surface area (Å²) in [5, 5.41) is 2.86. The zero-order valence-electron chi connectivity index (χ0n) is 16.3. The van der Waals surface area contributed by atoms with Gasteiger partial charge in [0.1, 0.15) is 5.76 Å². The first-order valence-electron chi connectivity index (χ1n) is 9.18. The van der Waals surface area contributed by atoms with Crippen LogP contribution in [-0.4, -0.2) is 29.5 Å². The zero-order chi connectivity index (χ0) is 19.6. The van der Waals surface area contributed by atoms with Gasteiger partial charge in [-0.05, 0) is 36.5 Å². The molecule has 5 nitrogen and oxygen atoms in total. The summed E-state index contributed by atoms with van der Waals surface area (Å²) in [6, 6.07) is 12.2. The number of nitrogens with two attached hydrogens (primary N) is 1. The molecule has 0 bridgehead atoms. The van der Waals surface area contributed by atoms with Crippen molar-refractivity contribution in [2.45, 2.75) is 44.5 Å². The normalized spacial score (nSPS) is 12.9. The third-order valence-corrected chi connectivity index (χ3v) is 5.10. The van der Waals surface area contributed by atoms with Crippen LogP contribution < -0.4 is 11.1 Å². The summed E-state index contributed by atoms with van der Waals surface area (Å²) in [5.74, 6) is 1.79. The Morgan fingerprint density at radius 2 is 1.86 bits per heavy atom. The van der Waals surface area contributed by atoms with E-state index in [0.29, 0.717) is 30.3 Å². The van der Waals surface area contributed by atoms with Crippen LogP contribution in [0.1, 0.15) is 31.6 Å². The Bertz CT molecular complexity index is 708. The number of hydrogen-bond acceptors (Lipinski definition) is 5. The molecule has 1 aromatic carbocycles. The molecular weight excluding hydrogens is 396 g/mol. The second kappa shape index (κ2) is 12.6. The molecular formula is C21H29ClN2O3S. The summed E-state index contributed by atoms with van der Waals surface area (Å²) in [4.78, 5) is 25.2. The van der Waals surface area contributed by atoms with E-state index in [4.69, 9.17) is 10.2 Å². The Morgan fingerprint density at radius 1 is 1.14 bits per heavy atom. The standard InChI is InChI=1S/C21H28N2O3S.ClH/c1-15(2)11-18(22)21(25)23-19(12-16-7-4-3-5-8-16)20(24)14-27-13-17-9-6-10-26-17;/h3-10,15,18-19H,11-14,22H2,1-2H3,(H,23,25);1H. The van der Waals surface area contributed by atoms with Crippen LogP contribution in [0.5, 0.6) is 0 Å². The lowest BCUT2D eigenvalue weighted by Gasteiger charge is -2.21. The number of halogens is 1. The van der Waals surface area contributed by atoms with E-state index in [0.717, 1.165) is 11.3 Å². The molecule has 0 aliphatic heterocycles. The Labute approximate surface area is 177 Å². The third kappa shape index (κ3) is 8.50. The molecule has 2 aromatic rings. The summed E-state index contributed by atoms with van der Waals surface area (Å²) >= 11 is 1.48. The van der Waals surface area contributed by atoms with E-state index in [-0.39, 0.29) is 24.1 Å². The van der Waals surface area contributed by atoms with E-state index in [2.05, 4.69) is 5.32 Å². The molecule has 0 saturated heterocycles. The highest BCUT2D eigenvalue weighted by Crippen LogP contribution is 2.14. The second-order valence-corrected chi connectivity index (χ2v) is 8.01. The fourth-order valence-corrected chi connectivity index (χ4v) is 3.61. The van der Waals surface area contributed by atoms with E-state index < -0.39 is 12.1 Å². The highest BCUT2D eigenvalue weighted by Gasteiger charge is 2.24. The predicted molar refractivity (Wildman–Crippen MR) is 117 cm³/mol. The van der Waals surface area contributed by atoms with Gasteiger partial charge in [0.25, 0.3) is 0 Å². The smallest absolute Gasteiger partial charge is 0.237 e. The lowest BCUT2D eigenvalue weighted by molar-refractivity contribution is -0.127. The van der Waals surface area contributed by atoms with E-state index in [1.54, 1.807) is 6.26 Å². The third-order valence-electron chi connectivity index (χ3n) is 4.12. The number of hydrogen-bond donors (Lipinski definition) is 2. The van der Waals surface area contributed by atoms with Crippen LogP contribution in [0.2, 0.25) is 0 Å². The lowest BCUT2D eigenvalue weighted by atomic mass is 10.0. The molecule has 0 fully saturated rings. The van der Waals surface area contributed by atoms with Gasteiger partial charge in [-0.1, -0.05) is 44.2 Å². The molecule has 0 spiro atoms. The first-order chi connectivity index (χ1) is 13.0. The summed E-state index contributed by atoms with van der Waals surface area (Å²) in [5.41, 5.74) is 6.99. The average molecular weight is 425 g/mol. The van der Waals surface area contributed by atoms with Gasteiger partial charge in [-0.3, -0.25) is 9.59 Å². The number of nitrogens with one attached hydrogen (secondary N) is 1. The lowest BCUT2D eigenvalue weighted by Crippen LogP contribution is -2.50. The van der Waals surface area contributed by atoms with Crippen molar-refractivity contribution >= 4 is 35.9 Å². The van der Waals surface area contributed by atoms with E-state index in [9.17, 15) is 9.59 Å². The van der Waals surface area contributed by atoms with Crippen LogP contribution in [0.3, 0.4) is 0 Å². The number of ketones is 1. The topological polar surface area (TPSA) is 85.3 Å². The zero-order valence-corrected chi connectivity index (χ0v) is 17.9. The average Bonchev–Trinajstić information content (AvgIpc) is 3.14. The summed E-state index contributed by atoms with van der Waals surface area (Å²) in [6.07, 6.45) is 2.67. The first kappa shape index (κ1) is 24.3. The van der Waals surface area contributed by atoms with Gasteiger partial charge in [-0.15, -0.1) is 24.2 Å². The molecule has 0 radical (unpaired) electrons. The van der Waals surface area contributed by atoms with Gasteiger partial charge in [0.15, 0.2) is 5.78 Å². The van der Waals surface area contributed by atoms with Gasteiger partial charge in [0, 0.05) is 0 Å². The van der Waals surface area contributed by atoms with Crippen molar-refractivity contribution in [1.82, 2.24) is 5.32 Å². The van der Waals surface area contributed by atoms with Crippen molar-refractivity contribution in [3.8, 4) is 0 Å². The molecule has 0 saturated carbocycles. The molecule has 1 aromatic heterocycles. The van der Waals surface area contributed by atoms with Crippen LogP contribution in [-0.2, 0) is 21.8 Å². The van der Waals surface area contributed by atoms with Crippen molar-refractivity contribution < 1.29 is 14.0 Å². The van der Waals surface area contributed by atoms with Crippen LogP contribution in [0.4, 0.5) is 0 Å². The molecule has 2 rings (SSSR count). The van der Waals surface area contributed by atoms with E-state index >= 15 is 0 Å². The molecule has 1 amide bonds. The number of rotatable bonds is 11. The van der Waals surface area contributed by atoms with Crippen LogP contribution in [0.25, 0.3) is 0 Å². The Morgan fingerprint density at radius 3 is 2.46 bits per heavy atom. The fraction of sp³-hybridized carbons (Fsp3) is 0.429. The summed E-state index contributed by atoms with van der Waals surface area (Å²) in [6.45, 7) is 4.04. The number of thioether (sulfide) groups is 1. The molecule has 0 aliphatic rings. The van der Waals surface area contributed by atoms with Crippen LogP contribution >= 0.6 is 24.2 Å². The number of benzene rings is 1. The second-order valence-electron chi connectivity index (χ2n) is 7.03. The van der Waals surface area contributed by atoms with Gasteiger partial charge in [-0.25, -0.2) is 0 Å². The molecule has 7 heteroatoms. The number of furan rings is 1. The number of carbonyl (C=O) groups excluding carboxylic acids is 2. The molecule has 154 valence electrons. The highest BCUT2D eigenvalue weighted by molar-refractivity contribution is 7.99. The Kier molecular flexibility index (Phi) is 11.0. The predicted octanol–water partition coefficient (Wildman–Crippen LogP) is 3.60. The minimum Gasteiger partial charge on any atom is -0.468 e. The minimum atomic E-state index is -0.605. The molecule has 1 heterocycles. The summed E-state index contributed by atoms with van der Waals surface area (Å²) < 4.78 is 5.29. The Hall–Kier alpha value is -1.76. The Balaban J connectivity index is 0.00000392. The van der Waals surface area contributed by atoms with Crippen molar-refractivity contribution in [3.05, 3.63) is 60.1 Å². The van der Waals surface area contributed by atoms with Crippen LogP contribution in [0, 0.1) is 5.92 Å². The quantitative estimate of drug-likeness (QED) is 0.575. The SMILES string of the molecule is CC(C)CC(N)C(=O)NC(Cc1ccccc1)C(=O)CSCc1ccco1.Cl. The first-order valence-corrected chi connectivity index (χ1v) is 10.3. The van der Waals surface area contributed by atoms with E-state index in [1.165, 1.54) is 11.8 Å².